The zero-order valence-electron chi connectivity index (χ0n) is 29.8. The lowest BCUT2D eigenvalue weighted by Gasteiger charge is -2.28. The number of carbonyl (C=O) groups is 4. The molecule has 5 rings (SSSR count). The summed E-state index contributed by atoms with van der Waals surface area (Å²) in [4.78, 5) is 53.6. The number of amides is 3. The van der Waals surface area contributed by atoms with Gasteiger partial charge in [0.05, 0.1) is 10.2 Å². The first kappa shape index (κ1) is 39.5. The van der Waals surface area contributed by atoms with Crippen molar-refractivity contribution in [3.8, 4) is 5.75 Å². The number of hydrogen-bond acceptors (Lipinski definition) is 6. The minimum absolute atomic E-state index is 0.0208. The van der Waals surface area contributed by atoms with Gasteiger partial charge in [-0.2, -0.15) is 8.78 Å². The highest BCUT2D eigenvalue weighted by Crippen LogP contribution is 2.29. The van der Waals surface area contributed by atoms with Crippen LogP contribution in [0.4, 0.5) is 23.2 Å². The van der Waals surface area contributed by atoms with Crippen LogP contribution in [0.1, 0.15) is 87.2 Å². The Kier molecular flexibility index (Phi) is 13.7. The van der Waals surface area contributed by atoms with Crippen molar-refractivity contribution < 1.29 is 41.5 Å². The fourth-order valence-electron chi connectivity index (χ4n) is 6.70. The summed E-state index contributed by atoms with van der Waals surface area (Å²) in [5.41, 5.74) is 3.15. The van der Waals surface area contributed by atoms with Crippen LogP contribution in [-0.2, 0) is 20.9 Å². The molecule has 53 heavy (non-hydrogen) atoms. The number of fused-ring (bicyclic) bond motifs is 1. The standard InChI is InChI=1S/C39H44F4N4O5S/c1-3-46(27-11-9-10-24(2)20-27)33(48)23-47-30-17-19-53-32(30)22-31(47)39(51)45-26-15-13-25(14-16-26)38(50)44-18-8-6-4-5-7-12-34(49)52-37-35(42)28(40)21-29(41)36(37)43/h9-11,17,19-22,25-26H,3-8,12-16,18,23H2,1-2H3,(H,44,50)(H,45,51)/t25-,26-. The molecule has 0 atom stereocenters. The molecule has 1 aliphatic carbocycles. The average molecular weight is 757 g/mol. The molecule has 2 aromatic heterocycles. The first-order valence-electron chi connectivity index (χ1n) is 18.0. The van der Waals surface area contributed by atoms with Crippen LogP contribution in [-0.4, -0.2) is 47.4 Å². The third-order valence-corrected chi connectivity index (χ3v) is 10.4. The number of esters is 1. The molecule has 0 radical (unpaired) electrons. The summed E-state index contributed by atoms with van der Waals surface area (Å²) < 4.78 is 61.2. The van der Waals surface area contributed by atoms with Gasteiger partial charge in [-0.3, -0.25) is 19.2 Å². The predicted molar refractivity (Wildman–Crippen MR) is 195 cm³/mol. The number of benzene rings is 2. The number of nitrogens with one attached hydrogen (secondary N) is 2. The molecule has 0 spiro atoms. The topological polar surface area (TPSA) is 110 Å². The number of rotatable bonds is 16. The van der Waals surface area contributed by atoms with Crippen LogP contribution >= 0.6 is 11.3 Å². The number of aromatic nitrogens is 1. The van der Waals surface area contributed by atoms with Gasteiger partial charge in [0.15, 0.2) is 11.6 Å². The van der Waals surface area contributed by atoms with E-state index in [9.17, 15) is 36.7 Å². The maximum atomic E-state index is 13.7. The number of ether oxygens (including phenoxy) is 1. The fraction of sp³-hybridized carbons (Fsp3) is 0.436. The van der Waals surface area contributed by atoms with Crippen molar-refractivity contribution in [1.82, 2.24) is 15.2 Å². The maximum absolute atomic E-state index is 13.7. The number of anilines is 1. The summed E-state index contributed by atoms with van der Waals surface area (Å²) in [7, 11) is 0. The summed E-state index contributed by atoms with van der Waals surface area (Å²) >= 11 is 1.52. The molecule has 2 aromatic carbocycles. The third-order valence-electron chi connectivity index (χ3n) is 9.56. The van der Waals surface area contributed by atoms with Gasteiger partial charge in [0.2, 0.25) is 29.2 Å². The Bertz CT molecular complexity index is 1910. The van der Waals surface area contributed by atoms with Gasteiger partial charge in [-0.1, -0.05) is 31.4 Å². The second-order valence-corrected chi connectivity index (χ2v) is 14.3. The van der Waals surface area contributed by atoms with E-state index in [4.69, 9.17) is 0 Å². The van der Waals surface area contributed by atoms with Crippen molar-refractivity contribution in [3.63, 3.8) is 0 Å². The highest BCUT2D eigenvalue weighted by molar-refractivity contribution is 7.17. The smallest absolute Gasteiger partial charge is 0.311 e. The van der Waals surface area contributed by atoms with Crippen LogP contribution in [0.2, 0.25) is 0 Å². The number of nitrogens with zero attached hydrogens (tertiary/aromatic N) is 2. The van der Waals surface area contributed by atoms with Gasteiger partial charge >= 0.3 is 5.97 Å². The normalized spacial score (nSPS) is 15.7. The van der Waals surface area contributed by atoms with Crippen LogP contribution in [0, 0.1) is 36.1 Å². The first-order chi connectivity index (χ1) is 25.5. The van der Waals surface area contributed by atoms with Crippen LogP contribution in [0.25, 0.3) is 10.2 Å². The van der Waals surface area contributed by atoms with Crippen LogP contribution < -0.4 is 20.3 Å². The van der Waals surface area contributed by atoms with Crippen molar-refractivity contribution >= 4 is 50.9 Å². The second kappa shape index (κ2) is 18.4. The molecule has 2 N–H and O–H groups in total. The van der Waals surface area contributed by atoms with E-state index in [1.54, 1.807) is 9.47 Å². The van der Waals surface area contributed by atoms with Gasteiger partial charge in [-0.25, -0.2) is 8.78 Å². The van der Waals surface area contributed by atoms with E-state index < -0.39 is 35.0 Å². The molecule has 1 fully saturated rings. The molecule has 0 saturated heterocycles. The number of likely N-dealkylation sites (N-methyl/N-ethyl adjacent to an activating group) is 1. The van der Waals surface area contributed by atoms with Gasteiger partial charge in [0, 0.05) is 43.2 Å². The Hall–Kier alpha value is -4.72. The zero-order chi connectivity index (χ0) is 38.1. The number of halogens is 4. The van der Waals surface area contributed by atoms with E-state index in [1.807, 2.05) is 55.6 Å². The van der Waals surface area contributed by atoms with Gasteiger partial charge in [0.25, 0.3) is 5.91 Å². The number of carbonyl (C=O) groups excluding carboxylic acids is 4. The fourth-order valence-corrected chi connectivity index (χ4v) is 7.52. The summed E-state index contributed by atoms with van der Waals surface area (Å²) in [6.07, 6.45) is 5.64. The van der Waals surface area contributed by atoms with Crippen molar-refractivity contribution in [3.05, 3.63) is 82.4 Å². The molecular formula is C39H44F4N4O5S. The van der Waals surface area contributed by atoms with E-state index >= 15 is 0 Å². The van der Waals surface area contributed by atoms with Gasteiger partial charge in [-0.15, -0.1) is 11.3 Å². The number of aryl methyl sites for hydroxylation is 1. The lowest BCUT2D eigenvalue weighted by Crippen LogP contribution is -2.42. The monoisotopic (exact) mass is 756 g/mol. The van der Waals surface area contributed by atoms with E-state index in [-0.39, 0.29) is 48.7 Å². The lowest BCUT2D eigenvalue weighted by molar-refractivity contribution is -0.135. The Morgan fingerprint density at radius 3 is 2.30 bits per heavy atom. The lowest BCUT2D eigenvalue weighted by atomic mass is 9.85. The molecular weight excluding hydrogens is 713 g/mol. The van der Waals surface area contributed by atoms with E-state index in [0.717, 1.165) is 40.7 Å². The van der Waals surface area contributed by atoms with E-state index in [2.05, 4.69) is 15.4 Å². The maximum Gasteiger partial charge on any atom is 0.311 e. The van der Waals surface area contributed by atoms with Crippen LogP contribution in [0.15, 0.2) is 47.8 Å². The highest BCUT2D eigenvalue weighted by Gasteiger charge is 2.29. The molecule has 14 heteroatoms. The van der Waals surface area contributed by atoms with Crippen LogP contribution in [0.3, 0.4) is 0 Å². The molecule has 284 valence electrons. The first-order valence-corrected chi connectivity index (χ1v) is 18.9. The molecule has 0 aliphatic heterocycles. The van der Waals surface area contributed by atoms with Crippen molar-refractivity contribution in [2.75, 3.05) is 18.0 Å². The Balaban J connectivity index is 0.999. The highest BCUT2D eigenvalue weighted by atomic mass is 32.1. The average Bonchev–Trinajstić information content (AvgIpc) is 3.73. The third kappa shape index (κ3) is 10.0. The molecule has 1 aliphatic rings. The Morgan fingerprint density at radius 2 is 1.60 bits per heavy atom. The summed E-state index contributed by atoms with van der Waals surface area (Å²) in [5.74, 6) is -9.71. The molecule has 9 nitrogen and oxygen atoms in total. The molecule has 1 saturated carbocycles. The second-order valence-electron chi connectivity index (χ2n) is 13.4. The summed E-state index contributed by atoms with van der Waals surface area (Å²) in [6.45, 7) is 4.92. The van der Waals surface area contributed by atoms with E-state index in [1.165, 1.54) is 11.3 Å². The molecule has 0 unspecified atom stereocenters. The van der Waals surface area contributed by atoms with Crippen LogP contribution in [0.5, 0.6) is 5.75 Å². The quantitative estimate of drug-likeness (QED) is 0.0397. The van der Waals surface area contributed by atoms with E-state index in [0.29, 0.717) is 57.3 Å². The number of unbranched alkanes of at least 4 members (excludes halogenated alkanes) is 4. The molecule has 4 aromatic rings. The summed E-state index contributed by atoms with van der Waals surface area (Å²) in [5, 5.41) is 8.07. The van der Waals surface area contributed by atoms with Crippen molar-refractivity contribution in [2.24, 2.45) is 5.92 Å². The molecule has 3 amide bonds. The van der Waals surface area contributed by atoms with Crippen molar-refractivity contribution in [1.29, 1.82) is 0 Å². The minimum atomic E-state index is -1.76. The van der Waals surface area contributed by atoms with Gasteiger partial charge in [0.1, 0.15) is 12.2 Å². The minimum Gasteiger partial charge on any atom is -0.420 e. The zero-order valence-corrected chi connectivity index (χ0v) is 30.6. The van der Waals surface area contributed by atoms with Gasteiger partial charge in [-0.05, 0) is 87.6 Å². The predicted octanol–water partition coefficient (Wildman–Crippen LogP) is 7.97. The molecule has 0 bridgehead atoms. The Morgan fingerprint density at radius 1 is 0.906 bits per heavy atom. The SMILES string of the molecule is CCN(C(=O)Cn1c(C(=O)N[C@H]2CC[C@H](C(=O)NCCCCCCCC(=O)Oc3c(F)c(F)cc(F)c3F)CC2)cc2sccc21)c1cccc(C)c1. The van der Waals surface area contributed by atoms with Crippen molar-refractivity contribution in [2.45, 2.75) is 90.6 Å². The molecule has 2 heterocycles. The number of thiophene rings is 1. The Labute approximate surface area is 309 Å². The van der Waals surface area contributed by atoms with Gasteiger partial charge < -0.3 is 24.8 Å². The largest absolute Gasteiger partial charge is 0.420 e. The number of hydrogen-bond donors (Lipinski definition) is 2. The summed E-state index contributed by atoms with van der Waals surface area (Å²) in [6, 6.07) is 11.5.